The number of aryl methyl sites for hydroxylation is 1. The van der Waals surface area contributed by atoms with Crippen LogP contribution in [0.15, 0.2) is 42.6 Å². The highest BCUT2D eigenvalue weighted by Crippen LogP contribution is 2.25. The van der Waals surface area contributed by atoms with Gasteiger partial charge in [0, 0.05) is 32.1 Å². The number of carboxylic acid groups (broad SMARTS) is 1. The molecule has 0 unspecified atom stereocenters. The van der Waals surface area contributed by atoms with E-state index in [9.17, 15) is 9.59 Å². The Kier molecular flexibility index (Phi) is 5.49. The molecule has 140 valence electrons. The lowest BCUT2D eigenvalue weighted by Crippen LogP contribution is -2.28. The van der Waals surface area contributed by atoms with Gasteiger partial charge in [0.15, 0.2) is 5.65 Å². The van der Waals surface area contributed by atoms with E-state index in [0.717, 1.165) is 5.56 Å². The van der Waals surface area contributed by atoms with E-state index in [0.29, 0.717) is 41.8 Å². The van der Waals surface area contributed by atoms with Crippen LogP contribution in [0, 0.1) is 0 Å². The summed E-state index contributed by atoms with van der Waals surface area (Å²) in [6.07, 6.45) is 2.11. The molecule has 3 aromatic rings. The Labute approximate surface area is 157 Å². The van der Waals surface area contributed by atoms with Gasteiger partial charge in [0.1, 0.15) is 0 Å². The molecule has 0 radical (unpaired) electrons. The number of carbonyl (C=O) groups is 2. The first-order chi connectivity index (χ1) is 13.0. The number of aliphatic carboxylic acids is 1. The van der Waals surface area contributed by atoms with Crippen molar-refractivity contribution in [1.82, 2.24) is 19.7 Å². The molecular weight excluding hydrogens is 344 g/mol. The summed E-state index contributed by atoms with van der Waals surface area (Å²) in [7, 11) is 1.68. The maximum absolute atomic E-state index is 13.0. The van der Waals surface area contributed by atoms with Crippen LogP contribution in [0.1, 0.15) is 30.1 Å². The minimum atomic E-state index is -0.863. The maximum atomic E-state index is 13.0. The van der Waals surface area contributed by atoms with Crippen LogP contribution in [-0.4, -0.2) is 50.2 Å². The van der Waals surface area contributed by atoms with Gasteiger partial charge in [-0.15, -0.1) is 0 Å². The van der Waals surface area contributed by atoms with Gasteiger partial charge in [0.2, 0.25) is 0 Å². The minimum absolute atomic E-state index is 0.0341. The first-order valence-electron chi connectivity index (χ1n) is 8.90. The van der Waals surface area contributed by atoms with Crippen molar-refractivity contribution in [3.8, 4) is 11.3 Å². The third-order valence-electron chi connectivity index (χ3n) is 4.44. The van der Waals surface area contributed by atoms with Gasteiger partial charge in [-0.3, -0.25) is 9.59 Å². The Bertz CT molecular complexity index is 966. The zero-order valence-electron chi connectivity index (χ0n) is 15.4. The Balaban J connectivity index is 2.01. The number of hydrogen-bond acceptors (Lipinski definition) is 4. The molecule has 0 fully saturated rings. The van der Waals surface area contributed by atoms with Crippen molar-refractivity contribution in [2.24, 2.45) is 0 Å². The summed E-state index contributed by atoms with van der Waals surface area (Å²) >= 11 is 0. The first-order valence-corrected chi connectivity index (χ1v) is 8.90. The van der Waals surface area contributed by atoms with Gasteiger partial charge < -0.3 is 10.0 Å². The van der Waals surface area contributed by atoms with E-state index in [4.69, 9.17) is 10.1 Å². The second kappa shape index (κ2) is 7.99. The van der Waals surface area contributed by atoms with Gasteiger partial charge in [0.25, 0.3) is 5.91 Å². The molecule has 0 aliphatic rings. The standard InChI is InChI=1S/C20H22N4O3/c1-3-24-19-16(13-21-24)15(20(27)23(2)11-7-10-18(25)26)12-17(22-19)14-8-5-4-6-9-14/h4-6,8-9,12-13H,3,7,10-11H2,1-2H3,(H,25,26). The summed E-state index contributed by atoms with van der Waals surface area (Å²) < 4.78 is 1.77. The van der Waals surface area contributed by atoms with Gasteiger partial charge in [-0.05, 0) is 19.4 Å². The van der Waals surface area contributed by atoms with Crippen LogP contribution in [0.3, 0.4) is 0 Å². The van der Waals surface area contributed by atoms with Crippen molar-refractivity contribution in [3.05, 3.63) is 48.2 Å². The molecule has 27 heavy (non-hydrogen) atoms. The quantitative estimate of drug-likeness (QED) is 0.694. The van der Waals surface area contributed by atoms with Crippen LogP contribution < -0.4 is 0 Å². The second-order valence-electron chi connectivity index (χ2n) is 6.34. The van der Waals surface area contributed by atoms with Crippen LogP contribution in [0.2, 0.25) is 0 Å². The zero-order valence-corrected chi connectivity index (χ0v) is 15.4. The second-order valence-corrected chi connectivity index (χ2v) is 6.34. The van der Waals surface area contributed by atoms with Crippen LogP contribution in [-0.2, 0) is 11.3 Å². The lowest BCUT2D eigenvalue weighted by Gasteiger charge is -2.18. The largest absolute Gasteiger partial charge is 0.481 e. The normalized spacial score (nSPS) is 10.9. The van der Waals surface area contributed by atoms with E-state index in [2.05, 4.69) is 5.10 Å². The molecule has 1 N–H and O–H groups in total. The number of rotatable bonds is 7. The van der Waals surface area contributed by atoms with Crippen LogP contribution in [0.5, 0.6) is 0 Å². The Morgan fingerprint density at radius 3 is 2.63 bits per heavy atom. The molecule has 3 rings (SSSR count). The van der Waals surface area contributed by atoms with Gasteiger partial charge in [-0.2, -0.15) is 5.10 Å². The lowest BCUT2D eigenvalue weighted by molar-refractivity contribution is -0.137. The minimum Gasteiger partial charge on any atom is -0.481 e. The van der Waals surface area contributed by atoms with Crippen molar-refractivity contribution in [2.75, 3.05) is 13.6 Å². The van der Waals surface area contributed by atoms with E-state index in [1.54, 1.807) is 28.9 Å². The number of amides is 1. The number of carboxylic acids is 1. The van der Waals surface area contributed by atoms with Gasteiger partial charge in [-0.1, -0.05) is 30.3 Å². The molecule has 2 aromatic heterocycles. The summed E-state index contributed by atoms with van der Waals surface area (Å²) in [5.74, 6) is -1.03. The average Bonchev–Trinajstić information content (AvgIpc) is 3.10. The van der Waals surface area contributed by atoms with Crippen molar-refractivity contribution < 1.29 is 14.7 Å². The van der Waals surface area contributed by atoms with Crippen molar-refractivity contribution in [3.63, 3.8) is 0 Å². The highest BCUT2D eigenvalue weighted by molar-refractivity contribution is 6.06. The van der Waals surface area contributed by atoms with Crippen LogP contribution in [0.25, 0.3) is 22.3 Å². The predicted molar refractivity (Wildman–Crippen MR) is 102 cm³/mol. The molecule has 0 saturated carbocycles. The molecule has 0 aliphatic carbocycles. The van der Waals surface area contributed by atoms with Crippen molar-refractivity contribution in [1.29, 1.82) is 0 Å². The molecule has 0 saturated heterocycles. The highest BCUT2D eigenvalue weighted by atomic mass is 16.4. The molecule has 0 spiro atoms. The van der Waals surface area contributed by atoms with E-state index >= 15 is 0 Å². The molecule has 0 bridgehead atoms. The topological polar surface area (TPSA) is 88.3 Å². The fourth-order valence-electron chi connectivity index (χ4n) is 2.99. The number of benzene rings is 1. The third-order valence-corrected chi connectivity index (χ3v) is 4.44. The van der Waals surface area contributed by atoms with Crippen molar-refractivity contribution >= 4 is 22.9 Å². The highest BCUT2D eigenvalue weighted by Gasteiger charge is 2.20. The number of pyridine rings is 1. The van der Waals surface area contributed by atoms with Crippen LogP contribution >= 0.6 is 0 Å². The zero-order chi connectivity index (χ0) is 19.4. The van der Waals surface area contributed by atoms with E-state index in [-0.39, 0.29) is 12.3 Å². The van der Waals surface area contributed by atoms with Crippen LogP contribution in [0.4, 0.5) is 0 Å². The summed E-state index contributed by atoms with van der Waals surface area (Å²) in [5, 5.41) is 13.8. The predicted octanol–water partition coefficient (Wildman–Crippen LogP) is 3.06. The number of aromatic nitrogens is 3. The molecule has 1 amide bonds. The van der Waals surface area contributed by atoms with E-state index < -0.39 is 5.97 Å². The summed E-state index contributed by atoms with van der Waals surface area (Å²) in [4.78, 5) is 30.0. The molecule has 1 aromatic carbocycles. The number of carbonyl (C=O) groups excluding carboxylic acids is 1. The Morgan fingerprint density at radius 2 is 1.96 bits per heavy atom. The Hall–Kier alpha value is -3.22. The summed E-state index contributed by atoms with van der Waals surface area (Å²) in [5.41, 5.74) is 2.82. The summed E-state index contributed by atoms with van der Waals surface area (Å²) in [6.45, 7) is 3.00. The molecule has 0 aliphatic heterocycles. The maximum Gasteiger partial charge on any atom is 0.303 e. The van der Waals surface area contributed by atoms with E-state index in [1.807, 2.05) is 37.3 Å². The molecule has 0 atom stereocenters. The molecule has 7 nitrogen and oxygen atoms in total. The fraction of sp³-hybridized carbons (Fsp3) is 0.300. The van der Waals surface area contributed by atoms with Gasteiger partial charge in [0.05, 0.1) is 22.8 Å². The van der Waals surface area contributed by atoms with Gasteiger partial charge >= 0.3 is 5.97 Å². The van der Waals surface area contributed by atoms with Gasteiger partial charge in [-0.25, -0.2) is 9.67 Å². The fourth-order valence-corrected chi connectivity index (χ4v) is 2.99. The summed E-state index contributed by atoms with van der Waals surface area (Å²) in [6, 6.07) is 11.5. The molecule has 2 heterocycles. The van der Waals surface area contributed by atoms with Crippen molar-refractivity contribution in [2.45, 2.75) is 26.3 Å². The number of fused-ring (bicyclic) bond motifs is 1. The number of nitrogens with zero attached hydrogens (tertiary/aromatic N) is 4. The third kappa shape index (κ3) is 3.97. The molecular formula is C20H22N4O3. The Morgan fingerprint density at radius 1 is 1.22 bits per heavy atom. The number of hydrogen-bond donors (Lipinski definition) is 1. The monoisotopic (exact) mass is 366 g/mol. The smallest absolute Gasteiger partial charge is 0.303 e. The first kappa shape index (κ1) is 18.6. The SMILES string of the molecule is CCn1ncc2c(C(=O)N(C)CCCC(=O)O)cc(-c3ccccc3)nc21. The molecule has 7 heteroatoms. The van der Waals surface area contributed by atoms with E-state index in [1.165, 1.54) is 0 Å². The average molecular weight is 366 g/mol. The lowest BCUT2D eigenvalue weighted by atomic mass is 10.1.